The van der Waals surface area contributed by atoms with Crippen molar-refractivity contribution in [1.82, 2.24) is 0 Å². The lowest BCUT2D eigenvalue weighted by Gasteiger charge is -2.24. The van der Waals surface area contributed by atoms with Gasteiger partial charge < -0.3 is 4.90 Å². The molecule has 0 unspecified atom stereocenters. The average molecular weight is 403 g/mol. The minimum Gasteiger partial charge on any atom is -0.372 e. The van der Waals surface area contributed by atoms with Crippen molar-refractivity contribution >= 4 is 17.5 Å². The van der Waals surface area contributed by atoms with Crippen LogP contribution in [-0.2, 0) is 0 Å². The Labute approximate surface area is 184 Å². The molecule has 0 aromatic heterocycles. The van der Waals surface area contributed by atoms with Gasteiger partial charge in [-0.15, -0.1) is 0 Å². The van der Waals surface area contributed by atoms with E-state index in [4.69, 9.17) is 0 Å². The fraction of sp³-hybridized carbons (Fsp3) is 0.393. The second-order valence-corrected chi connectivity index (χ2v) is 7.93. The SMILES string of the molecule is C=C(/C=C\C(=C/C)c1cccc(N(CCC)CCC)c1)CC(=C)C1=CN=CCCC1. The number of nitrogens with zero attached hydrogens (tertiary/aromatic N) is 2. The number of anilines is 1. The van der Waals surface area contributed by atoms with E-state index >= 15 is 0 Å². The van der Waals surface area contributed by atoms with Crippen LogP contribution in [0.2, 0.25) is 0 Å². The van der Waals surface area contributed by atoms with Gasteiger partial charge in [0.05, 0.1) is 0 Å². The van der Waals surface area contributed by atoms with Gasteiger partial charge in [-0.3, -0.25) is 4.99 Å². The maximum absolute atomic E-state index is 4.35. The van der Waals surface area contributed by atoms with Gasteiger partial charge in [0, 0.05) is 31.2 Å². The van der Waals surface area contributed by atoms with Crippen molar-refractivity contribution in [1.29, 1.82) is 0 Å². The molecular weight excluding hydrogens is 364 g/mol. The Balaban J connectivity index is 2.07. The molecule has 0 atom stereocenters. The maximum Gasteiger partial charge on any atom is 0.0372 e. The van der Waals surface area contributed by atoms with Crippen LogP contribution in [0.5, 0.6) is 0 Å². The molecule has 160 valence electrons. The number of allylic oxidation sites excluding steroid dienone is 7. The molecule has 0 spiro atoms. The summed E-state index contributed by atoms with van der Waals surface area (Å²) in [6, 6.07) is 8.88. The van der Waals surface area contributed by atoms with Gasteiger partial charge in [0.2, 0.25) is 0 Å². The molecule has 2 heteroatoms. The van der Waals surface area contributed by atoms with Crippen LogP contribution in [0.25, 0.3) is 5.57 Å². The molecule has 1 aliphatic heterocycles. The first-order valence-corrected chi connectivity index (χ1v) is 11.3. The Morgan fingerprint density at radius 1 is 1.13 bits per heavy atom. The zero-order valence-electron chi connectivity index (χ0n) is 19.2. The van der Waals surface area contributed by atoms with Crippen LogP contribution in [0, 0.1) is 0 Å². The Kier molecular flexibility index (Phi) is 10.1. The standard InChI is InChI=1S/C28H38N2/c1-6-18-30(19-7-2)28-14-11-13-26(21-28)25(8-3)16-15-23(4)20-24(5)27-12-9-10-17-29-22-27/h8,11,13-17,21-22H,4-7,9-10,12,18-20H2,1-3H3/b16-15-,25-8+. The lowest BCUT2D eigenvalue weighted by Crippen LogP contribution is -2.24. The number of benzene rings is 1. The molecule has 0 fully saturated rings. The molecule has 30 heavy (non-hydrogen) atoms. The Morgan fingerprint density at radius 3 is 2.60 bits per heavy atom. The third-order valence-corrected chi connectivity index (χ3v) is 5.35. The predicted molar refractivity (Wildman–Crippen MR) is 135 cm³/mol. The van der Waals surface area contributed by atoms with Gasteiger partial charge in [0.1, 0.15) is 0 Å². The molecule has 0 amide bonds. The molecule has 0 bridgehead atoms. The van der Waals surface area contributed by atoms with E-state index in [2.05, 4.69) is 86.3 Å². The molecule has 0 aliphatic carbocycles. The zero-order valence-corrected chi connectivity index (χ0v) is 19.2. The van der Waals surface area contributed by atoms with E-state index in [9.17, 15) is 0 Å². The van der Waals surface area contributed by atoms with E-state index in [0.717, 1.165) is 62.8 Å². The lowest BCUT2D eigenvalue weighted by molar-refractivity contribution is 0.745. The van der Waals surface area contributed by atoms with Crippen LogP contribution >= 0.6 is 0 Å². The molecule has 2 nitrogen and oxygen atoms in total. The van der Waals surface area contributed by atoms with Crippen LogP contribution in [0.3, 0.4) is 0 Å². The van der Waals surface area contributed by atoms with Crippen molar-refractivity contribution in [3.8, 4) is 0 Å². The quantitative estimate of drug-likeness (QED) is 0.343. The van der Waals surface area contributed by atoms with Gasteiger partial charge in [0.25, 0.3) is 0 Å². The first kappa shape index (κ1) is 23.7. The second-order valence-electron chi connectivity index (χ2n) is 7.93. The average Bonchev–Trinajstić information content (AvgIpc) is 3.04. The Hall–Kier alpha value is -2.61. The van der Waals surface area contributed by atoms with Crippen LogP contribution in [0.4, 0.5) is 5.69 Å². The van der Waals surface area contributed by atoms with Crippen molar-refractivity contribution in [3.05, 3.63) is 84.1 Å². The minimum atomic E-state index is 0.787. The fourth-order valence-corrected chi connectivity index (χ4v) is 3.74. The van der Waals surface area contributed by atoms with Gasteiger partial charge >= 0.3 is 0 Å². The largest absolute Gasteiger partial charge is 0.372 e. The first-order valence-electron chi connectivity index (χ1n) is 11.3. The summed E-state index contributed by atoms with van der Waals surface area (Å²) >= 11 is 0. The maximum atomic E-state index is 4.35. The summed E-state index contributed by atoms with van der Waals surface area (Å²) in [5, 5.41) is 0. The number of hydrogen-bond acceptors (Lipinski definition) is 2. The highest BCUT2D eigenvalue weighted by atomic mass is 15.1. The highest BCUT2D eigenvalue weighted by Gasteiger charge is 2.08. The number of hydrogen-bond donors (Lipinski definition) is 0. The molecule has 0 saturated heterocycles. The number of aliphatic imine (C=N–C) groups is 1. The van der Waals surface area contributed by atoms with E-state index < -0.39 is 0 Å². The number of rotatable bonds is 11. The topological polar surface area (TPSA) is 15.6 Å². The van der Waals surface area contributed by atoms with E-state index in [1.807, 2.05) is 12.4 Å². The van der Waals surface area contributed by atoms with E-state index in [1.165, 1.54) is 22.4 Å². The minimum absolute atomic E-state index is 0.787. The van der Waals surface area contributed by atoms with Crippen LogP contribution in [-0.4, -0.2) is 19.3 Å². The lowest BCUT2D eigenvalue weighted by atomic mass is 9.96. The van der Waals surface area contributed by atoms with Gasteiger partial charge in [-0.05, 0) is 79.9 Å². The Morgan fingerprint density at radius 2 is 1.90 bits per heavy atom. The van der Waals surface area contributed by atoms with Crippen molar-refractivity contribution in [2.75, 3.05) is 18.0 Å². The summed E-state index contributed by atoms with van der Waals surface area (Å²) < 4.78 is 0. The van der Waals surface area contributed by atoms with Gasteiger partial charge in [0.15, 0.2) is 0 Å². The molecule has 1 aromatic carbocycles. The molecule has 2 rings (SSSR count). The summed E-state index contributed by atoms with van der Waals surface area (Å²) in [5.74, 6) is 0. The first-order chi connectivity index (χ1) is 14.6. The Bertz CT molecular complexity index is 830. The summed E-state index contributed by atoms with van der Waals surface area (Å²) in [6.07, 6.45) is 16.8. The molecule has 0 saturated carbocycles. The van der Waals surface area contributed by atoms with E-state index in [1.54, 1.807) is 0 Å². The predicted octanol–water partition coefficient (Wildman–Crippen LogP) is 7.91. The molecule has 1 aliphatic rings. The summed E-state index contributed by atoms with van der Waals surface area (Å²) in [4.78, 5) is 6.83. The monoisotopic (exact) mass is 402 g/mol. The van der Waals surface area contributed by atoms with E-state index in [0.29, 0.717) is 0 Å². The zero-order chi connectivity index (χ0) is 21.8. The summed E-state index contributed by atoms with van der Waals surface area (Å²) in [6.45, 7) is 17.3. The van der Waals surface area contributed by atoms with Crippen molar-refractivity contribution in [2.24, 2.45) is 4.99 Å². The molecule has 1 aromatic rings. The molecular formula is C28H38N2. The fourth-order valence-electron chi connectivity index (χ4n) is 3.74. The third-order valence-electron chi connectivity index (χ3n) is 5.35. The summed E-state index contributed by atoms with van der Waals surface area (Å²) in [7, 11) is 0. The summed E-state index contributed by atoms with van der Waals surface area (Å²) in [5.41, 5.74) is 7.22. The van der Waals surface area contributed by atoms with Crippen molar-refractivity contribution in [2.45, 2.75) is 59.3 Å². The van der Waals surface area contributed by atoms with E-state index in [-0.39, 0.29) is 0 Å². The van der Waals surface area contributed by atoms with Gasteiger partial charge in [-0.2, -0.15) is 0 Å². The van der Waals surface area contributed by atoms with Crippen LogP contribution < -0.4 is 4.90 Å². The van der Waals surface area contributed by atoms with Crippen molar-refractivity contribution < 1.29 is 0 Å². The third kappa shape index (κ3) is 7.33. The highest BCUT2D eigenvalue weighted by molar-refractivity contribution is 5.76. The second kappa shape index (κ2) is 12.8. The van der Waals surface area contributed by atoms with Crippen LogP contribution in [0.1, 0.15) is 64.9 Å². The van der Waals surface area contributed by atoms with Gasteiger partial charge in [-0.1, -0.05) is 62.9 Å². The molecule has 1 heterocycles. The van der Waals surface area contributed by atoms with Crippen molar-refractivity contribution in [3.63, 3.8) is 0 Å². The normalized spacial score (nSPS) is 14.5. The molecule has 0 radical (unpaired) electrons. The highest BCUT2D eigenvalue weighted by Crippen LogP contribution is 2.26. The smallest absolute Gasteiger partial charge is 0.0372 e. The van der Waals surface area contributed by atoms with Crippen LogP contribution in [0.15, 0.2) is 83.6 Å². The van der Waals surface area contributed by atoms with Gasteiger partial charge in [-0.25, -0.2) is 0 Å². The molecule has 0 N–H and O–H groups in total.